The van der Waals surface area contributed by atoms with Gasteiger partial charge in [-0.25, -0.2) is 0 Å². The van der Waals surface area contributed by atoms with Gasteiger partial charge in [0.1, 0.15) is 6.04 Å². The fourth-order valence-corrected chi connectivity index (χ4v) is 4.39. The van der Waals surface area contributed by atoms with E-state index in [9.17, 15) is 4.79 Å². The van der Waals surface area contributed by atoms with Crippen LogP contribution in [0.2, 0.25) is 10.0 Å². The second-order valence-electron chi connectivity index (χ2n) is 7.51. The number of likely N-dealkylation sites (N-methyl/N-ethyl adjacent to an activating group) is 1. The first kappa shape index (κ1) is 24.9. The maximum Gasteiger partial charge on any atom is 0.241 e. The second kappa shape index (κ2) is 11.9. The number of amides is 1. The van der Waals surface area contributed by atoms with Gasteiger partial charge in [0.25, 0.3) is 0 Å². The molecule has 0 radical (unpaired) electrons. The Morgan fingerprint density at radius 3 is 2.21 bits per heavy atom. The topological polar surface area (TPSA) is 59.6 Å². The minimum absolute atomic E-state index is 0.0526. The van der Waals surface area contributed by atoms with Crippen LogP contribution in [-0.2, 0) is 4.79 Å². The molecule has 0 saturated carbocycles. The van der Waals surface area contributed by atoms with Crippen molar-refractivity contribution >= 4 is 29.1 Å². The van der Waals surface area contributed by atoms with Crippen molar-refractivity contribution in [2.24, 2.45) is 0 Å². The Labute approximate surface area is 205 Å². The molecule has 3 aromatic rings. The molecule has 3 rings (SSSR count). The number of hydrogen-bond acceptors (Lipinski definition) is 4. The highest BCUT2D eigenvalue weighted by atomic mass is 35.5. The molecule has 0 aliphatic rings. The van der Waals surface area contributed by atoms with Gasteiger partial charge in [0.2, 0.25) is 5.91 Å². The lowest BCUT2D eigenvalue weighted by Gasteiger charge is -2.23. The summed E-state index contributed by atoms with van der Waals surface area (Å²) in [5.41, 5.74) is 2.88. The molecule has 2 atom stereocenters. The molecule has 0 spiro atoms. The highest BCUT2D eigenvalue weighted by Gasteiger charge is 2.24. The van der Waals surface area contributed by atoms with Crippen LogP contribution in [0.15, 0.2) is 66.7 Å². The van der Waals surface area contributed by atoms with Gasteiger partial charge < -0.3 is 20.1 Å². The highest BCUT2D eigenvalue weighted by Crippen LogP contribution is 2.43. The average molecular weight is 487 g/mol. The van der Waals surface area contributed by atoms with Crippen molar-refractivity contribution in [3.8, 4) is 11.5 Å². The van der Waals surface area contributed by atoms with Gasteiger partial charge >= 0.3 is 0 Å². The van der Waals surface area contributed by atoms with Gasteiger partial charge in [-0.15, -0.1) is 0 Å². The molecule has 174 valence electrons. The fourth-order valence-electron chi connectivity index (χ4n) is 3.89. The molecular formula is C26H28Cl2N2O3. The summed E-state index contributed by atoms with van der Waals surface area (Å²) < 4.78 is 10.9. The Morgan fingerprint density at radius 1 is 0.909 bits per heavy atom. The molecule has 0 saturated heterocycles. The van der Waals surface area contributed by atoms with Crippen molar-refractivity contribution in [2.45, 2.75) is 18.4 Å². The molecular weight excluding hydrogens is 459 g/mol. The minimum atomic E-state index is -0.456. The summed E-state index contributed by atoms with van der Waals surface area (Å²) in [6.07, 6.45) is 0.692. The largest absolute Gasteiger partial charge is 0.493 e. The number of carbonyl (C=O) groups excluding carboxylic acids is 1. The van der Waals surface area contributed by atoms with E-state index in [1.165, 1.54) is 0 Å². The summed E-state index contributed by atoms with van der Waals surface area (Å²) in [7, 11) is 4.79. The number of ether oxygens (including phenoxy) is 2. The molecule has 5 nitrogen and oxygen atoms in total. The summed E-state index contributed by atoms with van der Waals surface area (Å²) in [6, 6.07) is 20.7. The first-order valence-electron chi connectivity index (χ1n) is 10.7. The smallest absolute Gasteiger partial charge is 0.241 e. The van der Waals surface area contributed by atoms with Crippen LogP contribution in [0.25, 0.3) is 0 Å². The van der Waals surface area contributed by atoms with Gasteiger partial charge in [-0.2, -0.15) is 0 Å². The quantitative estimate of drug-likeness (QED) is 0.390. The van der Waals surface area contributed by atoms with Crippen LogP contribution in [0.4, 0.5) is 0 Å². The molecule has 0 unspecified atom stereocenters. The van der Waals surface area contributed by atoms with E-state index in [1.807, 2.05) is 66.7 Å². The predicted molar refractivity (Wildman–Crippen MR) is 134 cm³/mol. The van der Waals surface area contributed by atoms with Crippen LogP contribution in [0.5, 0.6) is 11.5 Å². The number of hydrogen-bond donors (Lipinski definition) is 2. The lowest BCUT2D eigenvalue weighted by atomic mass is 9.88. The van der Waals surface area contributed by atoms with Gasteiger partial charge in [-0.05, 0) is 47.9 Å². The number of benzene rings is 3. The number of nitrogens with one attached hydrogen (secondary N) is 2. The Bertz CT molecular complexity index is 1060. The number of rotatable bonds is 10. The number of halogens is 2. The summed E-state index contributed by atoms with van der Waals surface area (Å²) in [5, 5.41) is 7.31. The monoisotopic (exact) mass is 486 g/mol. The van der Waals surface area contributed by atoms with Crippen molar-refractivity contribution in [1.82, 2.24) is 10.6 Å². The minimum Gasteiger partial charge on any atom is -0.493 e. The first-order valence-corrected chi connectivity index (χ1v) is 11.4. The third kappa shape index (κ3) is 5.99. The highest BCUT2D eigenvalue weighted by molar-refractivity contribution is 6.33. The summed E-state index contributed by atoms with van der Waals surface area (Å²) in [6.45, 7) is 0.574. The van der Waals surface area contributed by atoms with Gasteiger partial charge in [0, 0.05) is 18.0 Å². The van der Waals surface area contributed by atoms with E-state index in [4.69, 9.17) is 32.7 Å². The van der Waals surface area contributed by atoms with Gasteiger partial charge in [-0.1, -0.05) is 71.7 Å². The van der Waals surface area contributed by atoms with E-state index < -0.39 is 6.04 Å². The van der Waals surface area contributed by atoms with Crippen LogP contribution in [-0.4, -0.2) is 33.7 Å². The van der Waals surface area contributed by atoms with Crippen LogP contribution in [0.3, 0.4) is 0 Å². The van der Waals surface area contributed by atoms with E-state index in [1.54, 1.807) is 21.3 Å². The van der Waals surface area contributed by atoms with Crippen LogP contribution in [0, 0.1) is 0 Å². The van der Waals surface area contributed by atoms with Crippen molar-refractivity contribution in [3.05, 3.63) is 93.5 Å². The Balaban J connectivity index is 1.90. The predicted octanol–water partition coefficient (Wildman–Crippen LogP) is 5.61. The summed E-state index contributed by atoms with van der Waals surface area (Å²) in [4.78, 5) is 12.5. The first-order chi connectivity index (χ1) is 16.0. The molecule has 0 aliphatic carbocycles. The molecule has 33 heavy (non-hydrogen) atoms. The zero-order chi connectivity index (χ0) is 23.8. The number of methoxy groups -OCH3 is 2. The standard InChI is InChI=1S/C26H28Cl2N2O3/c1-29-26(31)24(18-7-5-4-6-8-18)30-16-15-20(17-9-11-19(27)12-10-17)21-13-14-22(32-2)25(33-3)23(21)28/h4-14,20,24,30H,15-16H2,1-3H3,(H,29,31)/t20-,24-/m1/s1. The third-order valence-corrected chi connectivity index (χ3v) is 6.23. The lowest BCUT2D eigenvalue weighted by Crippen LogP contribution is -2.36. The Kier molecular flexibility index (Phi) is 9.01. The van der Waals surface area contributed by atoms with Crippen molar-refractivity contribution in [3.63, 3.8) is 0 Å². The molecule has 3 aromatic carbocycles. The molecule has 0 bridgehead atoms. The molecule has 2 N–H and O–H groups in total. The van der Waals surface area contributed by atoms with Crippen molar-refractivity contribution in [2.75, 3.05) is 27.8 Å². The van der Waals surface area contributed by atoms with Crippen molar-refractivity contribution < 1.29 is 14.3 Å². The molecule has 0 fully saturated rings. The normalized spacial score (nSPS) is 12.6. The van der Waals surface area contributed by atoms with Gasteiger partial charge in [0.05, 0.1) is 19.2 Å². The maximum atomic E-state index is 12.5. The lowest BCUT2D eigenvalue weighted by molar-refractivity contribution is -0.122. The van der Waals surface area contributed by atoms with Gasteiger partial charge in [-0.3, -0.25) is 4.79 Å². The van der Waals surface area contributed by atoms with Crippen LogP contribution >= 0.6 is 23.2 Å². The van der Waals surface area contributed by atoms with Crippen LogP contribution < -0.4 is 20.1 Å². The summed E-state index contributed by atoms with van der Waals surface area (Å²) in [5.74, 6) is 0.927. The second-order valence-corrected chi connectivity index (χ2v) is 8.32. The molecule has 0 heterocycles. The van der Waals surface area contributed by atoms with E-state index in [-0.39, 0.29) is 11.8 Å². The zero-order valence-electron chi connectivity index (χ0n) is 18.9. The Morgan fingerprint density at radius 2 is 1.61 bits per heavy atom. The molecule has 0 aromatic heterocycles. The van der Waals surface area contributed by atoms with E-state index in [0.29, 0.717) is 34.5 Å². The fraction of sp³-hybridized carbons (Fsp3) is 0.269. The Hall–Kier alpha value is -2.73. The van der Waals surface area contributed by atoms with Crippen molar-refractivity contribution in [1.29, 1.82) is 0 Å². The average Bonchev–Trinajstić information content (AvgIpc) is 2.85. The maximum absolute atomic E-state index is 12.5. The van der Waals surface area contributed by atoms with E-state index in [2.05, 4.69) is 10.6 Å². The molecule has 7 heteroatoms. The molecule has 1 amide bonds. The van der Waals surface area contributed by atoms with Crippen LogP contribution in [0.1, 0.15) is 35.1 Å². The van der Waals surface area contributed by atoms with E-state index >= 15 is 0 Å². The number of carbonyl (C=O) groups is 1. The van der Waals surface area contributed by atoms with E-state index in [0.717, 1.165) is 16.7 Å². The zero-order valence-corrected chi connectivity index (χ0v) is 20.4. The van der Waals surface area contributed by atoms with Gasteiger partial charge in [0.15, 0.2) is 11.5 Å². The molecule has 0 aliphatic heterocycles. The summed E-state index contributed by atoms with van der Waals surface area (Å²) >= 11 is 12.9. The third-order valence-electron chi connectivity index (χ3n) is 5.59. The SMILES string of the molecule is CNC(=O)[C@H](NCC[C@H](c1ccc(Cl)cc1)c1ccc(OC)c(OC)c1Cl)c1ccccc1.